The predicted octanol–water partition coefficient (Wildman–Crippen LogP) is 1.01. The standard InChI is InChI=1S/C17H29N3O4/c1-2-19(11-15(22)23)13-9-12(10-13)18-16(24)20-8-5-14(21)17(20)6-3-4-7-17/h12-14,21H,2-11H2,1H3,(H,18,24)(H,22,23). The summed E-state index contributed by atoms with van der Waals surface area (Å²) in [6.45, 7) is 3.36. The molecule has 1 aliphatic heterocycles. The summed E-state index contributed by atoms with van der Waals surface area (Å²) in [6, 6.07) is 0.292. The molecule has 2 amide bonds. The van der Waals surface area contributed by atoms with Gasteiger partial charge in [0.2, 0.25) is 0 Å². The van der Waals surface area contributed by atoms with Crippen molar-refractivity contribution in [1.82, 2.24) is 15.1 Å². The highest BCUT2D eigenvalue weighted by Crippen LogP contribution is 2.43. The van der Waals surface area contributed by atoms with E-state index in [1.54, 1.807) is 0 Å². The molecule has 3 fully saturated rings. The lowest BCUT2D eigenvalue weighted by molar-refractivity contribution is -0.139. The highest BCUT2D eigenvalue weighted by Gasteiger charge is 2.52. The zero-order valence-corrected chi connectivity index (χ0v) is 14.4. The molecule has 0 aromatic heterocycles. The summed E-state index contributed by atoms with van der Waals surface area (Å²) in [5, 5.41) is 22.4. The van der Waals surface area contributed by atoms with Gasteiger partial charge in [-0.3, -0.25) is 9.69 Å². The Balaban J connectivity index is 1.51. The number of hydrogen-bond acceptors (Lipinski definition) is 4. The van der Waals surface area contributed by atoms with Gasteiger partial charge in [0.15, 0.2) is 0 Å². The van der Waals surface area contributed by atoms with Crippen molar-refractivity contribution in [1.29, 1.82) is 0 Å². The van der Waals surface area contributed by atoms with Crippen molar-refractivity contribution in [3.63, 3.8) is 0 Å². The summed E-state index contributed by atoms with van der Waals surface area (Å²) in [5.74, 6) is -0.807. The van der Waals surface area contributed by atoms with E-state index in [-0.39, 0.29) is 30.2 Å². The molecular formula is C17H29N3O4. The number of urea groups is 1. The molecule has 0 radical (unpaired) electrons. The number of carboxylic acid groups (broad SMARTS) is 1. The molecule has 3 aliphatic rings. The predicted molar refractivity (Wildman–Crippen MR) is 88.8 cm³/mol. The second kappa shape index (κ2) is 6.88. The van der Waals surface area contributed by atoms with Gasteiger partial charge in [-0.05, 0) is 38.6 Å². The van der Waals surface area contributed by atoms with Gasteiger partial charge in [0.1, 0.15) is 0 Å². The first kappa shape index (κ1) is 17.5. The van der Waals surface area contributed by atoms with Crippen LogP contribution in [0.2, 0.25) is 0 Å². The number of likely N-dealkylation sites (N-methyl/N-ethyl adjacent to an activating group) is 1. The van der Waals surface area contributed by atoms with Crippen LogP contribution >= 0.6 is 0 Å². The van der Waals surface area contributed by atoms with Gasteiger partial charge in [0.25, 0.3) is 0 Å². The molecule has 2 aliphatic carbocycles. The quantitative estimate of drug-likeness (QED) is 0.695. The number of carbonyl (C=O) groups excluding carboxylic acids is 1. The average molecular weight is 339 g/mol. The van der Waals surface area contributed by atoms with Crippen molar-refractivity contribution >= 4 is 12.0 Å². The number of carbonyl (C=O) groups is 2. The number of aliphatic hydroxyl groups is 1. The fourth-order valence-electron chi connectivity index (χ4n) is 4.75. The van der Waals surface area contributed by atoms with Crippen molar-refractivity contribution < 1.29 is 19.8 Å². The van der Waals surface area contributed by atoms with Crippen LogP contribution in [0.3, 0.4) is 0 Å². The Kier molecular flexibility index (Phi) is 5.01. The van der Waals surface area contributed by atoms with E-state index < -0.39 is 12.1 Å². The Labute approximate surface area is 143 Å². The molecule has 1 heterocycles. The lowest BCUT2D eigenvalue weighted by Gasteiger charge is -2.44. The van der Waals surface area contributed by atoms with Crippen LogP contribution in [0, 0.1) is 0 Å². The molecule has 7 heteroatoms. The minimum absolute atomic E-state index is 0.0572. The first-order chi connectivity index (χ1) is 11.5. The number of nitrogens with zero attached hydrogens (tertiary/aromatic N) is 2. The fourth-order valence-corrected chi connectivity index (χ4v) is 4.75. The first-order valence-electron chi connectivity index (χ1n) is 9.18. The molecule has 3 N–H and O–H groups in total. The van der Waals surface area contributed by atoms with Gasteiger partial charge >= 0.3 is 12.0 Å². The van der Waals surface area contributed by atoms with Crippen molar-refractivity contribution in [2.24, 2.45) is 0 Å². The number of amides is 2. The summed E-state index contributed by atoms with van der Waals surface area (Å²) in [4.78, 5) is 27.4. The maximum atomic E-state index is 12.7. The van der Waals surface area contributed by atoms with Gasteiger partial charge in [-0.1, -0.05) is 19.8 Å². The Morgan fingerprint density at radius 2 is 1.96 bits per heavy atom. The van der Waals surface area contributed by atoms with Gasteiger partial charge in [0.05, 0.1) is 18.2 Å². The summed E-state index contributed by atoms with van der Waals surface area (Å²) in [6.07, 6.45) is 5.83. The van der Waals surface area contributed by atoms with E-state index in [4.69, 9.17) is 5.11 Å². The molecule has 1 unspecified atom stereocenters. The van der Waals surface area contributed by atoms with Crippen LogP contribution in [-0.2, 0) is 4.79 Å². The molecule has 3 rings (SSSR count). The van der Waals surface area contributed by atoms with E-state index in [1.807, 2.05) is 16.7 Å². The van der Waals surface area contributed by atoms with Crippen LogP contribution < -0.4 is 5.32 Å². The Morgan fingerprint density at radius 1 is 1.29 bits per heavy atom. The Morgan fingerprint density at radius 3 is 2.54 bits per heavy atom. The SMILES string of the molecule is CCN(CC(=O)O)C1CC(NC(=O)N2CCC(O)C23CCCC3)C1. The minimum atomic E-state index is -0.807. The smallest absolute Gasteiger partial charge is 0.318 e. The van der Waals surface area contributed by atoms with E-state index in [2.05, 4.69) is 5.32 Å². The fraction of sp³-hybridized carbons (Fsp3) is 0.882. The molecule has 0 bridgehead atoms. The van der Waals surface area contributed by atoms with Gasteiger partial charge in [-0.25, -0.2) is 4.79 Å². The second-order valence-corrected chi connectivity index (χ2v) is 7.50. The Hall–Kier alpha value is -1.34. The largest absolute Gasteiger partial charge is 0.480 e. The van der Waals surface area contributed by atoms with Crippen LogP contribution in [0.15, 0.2) is 0 Å². The van der Waals surface area contributed by atoms with Crippen LogP contribution in [0.4, 0.5) is 4.79 Å². The molecule has 0 aromatic carbocycles. The number of nitrogens with one attached hydrogen (secondary N) is 1. The molecule has 1 spiro atoms. The number of aliphatic carboxylic acids is 1. The number of aliphatic hydroxyl groups excluding tert-OH is 1. The van der Waals surface area contributed by atoms with Gasteiger partial charge < -0.3 is 20.4 Å². The van der Waals surface area contributed by atoms with Crippen molar-refractivity contribution in [2.75, 3.05) is 19.6 Å². The van der Waals surface area contributed by atoms with Gasteiger partial charge in [-0.2, -0.15) is 0 Å². The first-order valence-corrected chi connectivity index (χ1v) is 9.18. The van der Waals surface area contributed by atoms with Crippen LogP contribution in [0.1, 0.15) is 51.9 Å². The molecule has 1 atom stereocenters. The van der Waals surface area contributed by atoms with Crippen LogP contribution in [0.5, 0.6) is 0 Å². The number of hydrogen-bond donors (Lipinski definition) is 3. The molecule has 24 heavy (non-hydrogen) atoms. The molecule has 136 valence electrons. The highest BCUT2D eigenvalue weighted by molar-refractivity contribution is 5.76. The molecule has 1 saturated heterocycles. The lowest BCUT2D eigenvalue weighted by Crippen LogP contribution is -2.60. The minimum Gasteiger partial charge on any atom is -0.480 e. The van der Waals surface area contributed by atoms with E-state index in [9.17, 15) is 14.7 Å². The van der Waals surface area contributed by atoms with Crippen LogP contribution in [0.25, 0.3) is 0 Å². The van der Waals surface area contributed by atoms with E-state index in [0.29, 0.717) is 19.5 Å². The average Bonchev–Trinajstić information content (AvgIpc) is 3.10. The van der Waals surface area contributed by atoms with Crippen molar-refractivity contribution in [3.05, 3.63) is 0 Å². The highest BCUT2D eigenvalue weighted by atomic mass is 16.4. The third-order valence-electron chi connectivity index (χ3n) is 6.20. The summed E-state index contributed by atoms with van der Waals surface area (Å²) < 4.78 is 0. The second-order valence-electron chi connectivity index (χ2n) is 7.50. The van der Waals surface area contributed by atoms with Crippen molar-refractivity contribution in [2.45, 2.75) is 75.6 Å². The van der Waals surface area contributed by atoms with E-state index in [0.717, 1.165) is 38.5 Å². The van der Waals surface area contributed by atoms with Gasteiger partial charge in [0, 0.05) is 18.6 Å². The maximum Gasteiger partial charge on any atom is 0.318 e. The number of carboxylic acids is 1. The molecule has 7 nitrogen and oxygen atoms in total. The third kappa shape index (κ3) is 3.11. The van der Waals surface area contributed by atoms with Crippen molar-refractivity contribution in [3.8, 4) is 0 Å². The van der Waals surface area contributed by atoms with E-state index >= 15 is 0 Å². The maximum absolute atomic E-state index is 12.7. The molecular weight excluding hydrogens is 310 g/mol. The monoisotopic (exact) mass is 339 g/mol. The van der Waals surface area contributed by atoms with Crippen LogP contribution in [-0.4, -0.2) is 75.4 Å². The number of rotatable bonds is 5. The van der Waals surface area contributed by atoms with E-state index in [1.165, 1.54) is 0 Å². The zero-order chi connectivity index (χ0) is 17.3. The topological polar surface area (TPSA) is 93.1 Å². The summed E-state index contributed by atoms with van der Waals surface area (Å²) in [5.41, 5.74) is -0.341. The Bertz CT molecular complexity index is 486. The molecule has 0 aromatic rings. The molecule has 2 saturated carbocycles. The van der Waals surface area contributed by atoms with Gasteiger partial charge in [-0.15, -0.1) is 0 Å². The zero-order valence-electron chi connectivity index (χ0n) is 14.4. The number of likely N-dealkylation sites (tertiary alicyclic amines) is 1. The lowest BCUT2D eigenvalue weighted by atomic mass is 9.85. The normalized spacial score (nSPS) is 31.5. The summed E-state index contributed by atoms with van der Waals surface area (Å²) in [7, 11) is 0. The third-order valence-corrected chi connectivity index (χ3v) is 6.20. The summed E-state index contributed by atoms with van der Waals surface area (Å²) >= 11 is 0.